The molecular weight excluding hydrogens is 210 g/mol. The van der Waals surface area contributed by atoms with Gasteiger partial charge in [-0.15, -0.1) is 0 Å². The molecule has 2 rings (SSSR count). The second-order valence-corrected chi connectivity index (χ2v) is 4.09. The van der Waals surface area contributed by atoms with E-state index in [1.54, 1.807) is 0 Å². The van der Waals surface area contributed by atoms with E-state index in [1.165, 1.54) is 5.56 Å². The van der Waals surface area contributed by atoms with Crippen molar-refractivity contribution >= 4 is 0 Å². The minimum Gasteiger partial charge on any atom is -0.492 e. The average Bonchev–Trinajstić information content (AvgIpc) is 2.38. The Labute approximate surface area is 102 Å². The summed E-state index contributed by atoms with van der Waals surface area (Å²) in [5, 5.41) is 0. The lowest BCUT2D eigenvalue weighted by atomic mass is 10.0. The predicted octanol–water partition coefficient (Wildman–Crippen LogP) is 3.07. The highest BCUT2D eigenvalue weighted by atomic mass is 16.5. The Balaban J connectivity index is 1.99. The zero-order valence-electron chi connectivity index (χ0n) is 9.97. The molecule has 0 bridgehead atoms. The first-order valence-electron chi connectivity index (χ1n) is 5.76. The molecule has 0 heterocycles. The molecule has 0 fully saturated rings. The van der Waals surface area contributed by atoms with Crippen LogP contribution in [-0.4, -0.2) is 6.61 Å². The molecule has 0 amide bonds. The van der Waals surface area contributed by atoms with Crippen LogP contribution in [0, 0.1) is 6.92 Å². The van der Waals surface area contributed by atoms with Crippen LogP contribution in [0.1, 0.15) is 17.2 Å². The molecule has 2 heteroatoms. The van der Waals surface area contributed by atoms with Gasteiger partial charge in [-0.3, -0.25) is 0 Å². The lowest BCUT2D eigenvalue weighted by Crippen LogP contribution is -2.19. The average molecular weight is 227 g/mol. The summed E-state index contributed by atoms with van der Waals surface area (Å²) >= 11 is 0. The van der Waals surface area contributed by atoms with Gasteiger partial charge in [0.2, 0.25) is 0 Å². The summed E-state index contributed by atoms with van der Waals surface area (Å²) in [5.41, 5.74) is 8.47. The fraction of sp³-hybridized carbons (Fsp3) is 0.200. The summed E-state index contributed by atoms with van der Waals surface area (Å²) in [4.78, 5) is 0. The number of aryl methyl sites for hydroxylation is 1. The molecule has 0 saturated heterocycles. The fourth-order valence-corrected chi connectivity index (χ4v) is 1.80. The molecule has 0 aliphatic heterocycles. The Morgan fingerprint density at radius 2 is 1.65 bits per heavy atom. The van der Waals surface area contributed by atoms with E-state index in [2.05, 4.69) is 13.0 Å². The first-order chi connectivity index (χ1) is 8.27. The second kappa shape index (κ2) is 5.51. The maximum absolute atomic E-state index is 6.12. The van der Waals surface area contributed by atoms with Crippen LogP contribution in [0.5, 0.6) is 5.75 Å². The summed E-state index contributed by atoms with van der Waals surface area (Å²) in [6.07, 6.45) is 0. The van der Waals surface area contributed by atoms with E-state index in [1.807, 2.05) is 48.5 Å². The lowest BCUT2D eigenvalue weighted by molar-refractivity contribution is 0.290. The van der Waals surface area contributed by atoms with Crippen molar-refractivity contribution in [3.05, 3.63) is 65.7 Å². The Morgan fingerprint density at radius 1 is 1.00 bits per heavy atom. The molecule has 0 saturated carbocycles. The van der Waals surface area contributed by atoms with Gasteiger partial charge in [0.25, 0.3) is 0 Å². The maximum atomic E-state index is 6.12. The van der Waals surface area contributed by atoms with E-state index in [4.69, 9.17) is 10.5 Å². The van der Waals surface area contributed by atoms with Gasteiger partial charge in [0, 0.05) is 0 Å². The van der Waals surface area contributed by atoms with Crippen LogP contribution >= 0.6 is 0 Å². The zero-order chi connectivity index (χ0) is 12.1. The molecule has 2 nitrogen and oxygen atoms in total. The highest BCUT2D eigenvalue weighted by Crippen LogP contribution is 2.17. The number of hydrogen-bond donors (Lipinski definition) is 1. The molecule has 0 aliphatic rings. The lowest BCUT2D eigenvalue weighted by Gasteiger charge is -2.15. The molecule has 2 aromatic carbocycles. The van der Waals surface area contributed by atoms with Crippen LogP contribution in [0.4, 0.5) is 0 Å². The number of ether oxygens (including phenoxy) is 1. The van der Waals surface area contributed by atoms with Gasteiger partial charge in [0.15, 0.2) is 0 Å². The molecular formula is C15H17NO. The Morgan fingerprint density at radius 3 is 2.35 bits per heavy atom. The van der Waals surface area contributed by atoms with Crippen molar-refractivity contribution in [2.24, 2.45) is 5.73 Å². The number of para-hydroxylation sites is 1. The van der Waals surface area contributed by atoms with Crippen LogP contribution in [0.25, 0.3) is 0 Å². The summed E-state index contributed by atoms with van der Waals surface area (Å²) in [7, 11) is 0. The van der Waals surface area contributed by atoms with Crippen LogP contribution in [0.2, 0.25) is 0 Å². The van der Waals surface area contributed by atoms with E-state index in [9.17, 15) is 0 Å². The van der Waals surface area contributed by atoms with Crippen molar-refractivity contribution < 1.29 is 4.74 Å². The summed E-state index contributed by atoms with van der Waals surface area (Å²) < 4.78 is 5.65. The molecule has 0 radical (unpaired) electrons. The van der Waals surface area contributed by atoms with Gasteiger partial charge in [-0.1, -0.05) is 42.5 Å². The van der Waals surface area contributed by atoms with Gasteiger partial charge in [-0.25, -0.2) is 0 Å². The Hall–Kier alpha value is -1.80. The van der Waals surface area contributed by atoms with Crippen molar-refractivity contribution in [1.82, 2.24) is 0 Å². The molecule has 0 spiro atoms. The Bertz CT molecular complexity index is 467. The van der Waals surface area contributed by atoms with Gasteiger partial charge in [0.1, 0.15) is 12.4 Å². The van der Waals surface area contributed by atoms with Crippen molar-refractivity contribution in [2.75, 3.05) is 6.61 Å². The fourth-order valence-electron chi connectivity index (χ4n) is 1.80. The maximum Gasteiger partial charge on any atom is 0.119 e. The normalized spacial score (nSPS) is 12.1. The molecule has 2 aromatic rings. The van der Waals surface area contributed by atoms with Gasteiger partial charge in [-0.2, -0.15) is 0 Å². The molecule has 1 unspecified atom stereocenters. The first kappa shape index (κ1) is 11.7. The quantitative estimate of drug-likeness (QED) is 0.871. The molecule has 0 aromatic heterocycles. The predicted molar refractivity (Wildman–Crippen MR) is 70.0 cm³/mol. The highest BCUT2D eigenvalue weighted by Gasteiger charge is 2.08. The third kappa shape index (κ3) is 3.08. The molecule has 1 atom stereocenters. The third-order valence-corrected chi connectivity index (χ3v) is 2.76. The van der Waals surface area contributed by atoms with Crippen molar-refractivity contribution in [1.29, 1.82) is 0 Å². The third-order valence-electron chi connectivity index (χ3n) is 2.76. The number of hydrogen-bond acceptors (Lipinski definition) is 2. The van der Waals surface area contributed by atoms with Gasteiger partial charge in [-0.05, 0) is 30.2 Å². The topological polar surface area (TPSA) is 35.2 Å². The van der Waals surface area contributed by atoms with Crippen molar-refractivity contribution in [2.45, 2.75) is 13.0 Å². The van der Waals surface area contributed by atoms with Gasteiger partial charge in [0.05, 0.1) is 6.04 Å². The first-order valence-corrected chi connectivity index (χ1v) is 5.76. The number of benzene rings is 2. The van der Waals surface area contributed by atoms with Crippen molar-refractivity contribution in [3.63, 3.8) is 0 Å². The summed E-state index contributed by atoms with van der Waals surface area (Å²) in [6, 6.07) is 17.8. The SMILES string of the molecule is Cc1ccccc1C(N)COc1ccccc1. The smallest absolute Gasteiger partial charge is 0.119 e. The molecule has 0 aliphatic carbocycles. The zero-order valence-corrected chi connectivity index (χ0v) is 9.97. The molecule has 88 valence electrons. The largest absolute Gasteiger partial charge is 0.492 e. The van der Waals surface area contributed by atoms with Crippen LogP contribution < -0.4 is 10.5 Å². The second-order valence-electron chi connectivity index (χ2n) is 4.09. The van der Waals surface area contributed by atoms with E-state index in [-0.39, 0.29) is 6.04 Å². The highest BCUT2D eigenvalue weighted by molar-refractivity contribution is 5.29. The van der Waals surface area contributed by atoms with Crippen LogP contribution in [0.3, 0.4) is 0 Å². The monoisotopic (exact) mass is 227 g/mol. The minimum absolute atomic E-state index is 0.0867. The van der Waals surface area contributed by atoms with Gasteiger partial charge >= 0.3 is 0 Å². The van der Waals surface area contributed by atoms with E-state index in [0.717, 1.165) is 11.3 Å². The Kier molecular flexibility index (Phi) is 3.78. The van der Waals surface area contributed by atoms with E-state index < -0.39 is 0 Å². The molecule has 2 N–H and O–H groups in total. The number of rotatable bonds is 4. The van der Waals surface area contributed by atoms with E-state index >= 15 is 0 Å². The van der Waals surface area contributed by atoms with Crippen LogP contribution in [-0.2, 0) is 0 Å². The summed E-state index contributed by atoms with van der Waals surface area (Å²) in [6.45, 7) is 2.56. The standard InChI is InChI=1S/C15H17NO/c1-12-7-5-6-10-14(12)15(16)11-17-13-8-3-2-4-9-13/h2-10,15H,11,16H2,1H3. The van der Waals surface area contributed by atoms with Gasteiger partial charge < -0.3 is 10.5 Å². The van der Waals surface area contributed by atoms with Crippen LogP contribution in [0.15, 0.2) is 54.6 Å². The van der Waals surface area contributed by atoms with E-state index in [0.29, 0.717) is 6.61 Å². The number of nitrogens with two attached hydrogens (primary N) is 1. The minimum atomic E-state index is -0.0867. The molecule has 17 heavy (non-hydrogen) atoms. The van der Waals surface area contributed by atoms with Crippen molar-refractivity contribution in [3.8, 4) is 5.75 Å². The summed E-state index contributed by atoms with van der Waals surface area (Å²) in [5.74, 6) is 0.858.